The van der Waals surface area contributed by atoms with Crippen LogP contribution in [-0.2, 0) is 6.42 Å². The molecule has 3 aliphatic carbocycles. The van der Waals surface area contributed by atoms with Gasteiger partial charge in [0.25, 0.3) is 0 Å². The number of aliphatic hydroxyl groups is 1. The molecule has 0 unspecified atom stereocenters. The summed E-state index contributed by atoms with van der Waals surface area (Å²) in [6, 6.07) is 6.00. The third-order valence-corrected chi connectivity index (χ3v) is 7.49. The quantitative estimate of drug-likeness (QED) is 0.835. The molecule has 0 aromatic heterocycles. The van der Waals surface area contributed by atoms with Gasteiger partial charge in [0.05, 0.1) is 6.10 Å². The molecule has 0 saturated heterocycles. The zero-order chi connectivity index (χ0) is 16.2. The van der Waals surface area contributed by atoms with Gasteiger partial charge in [0.1, 0.15) is 5.75 Å². The highest BCUT2D eigenvalue weighted by Crippen LogP contribution is 2.62. The maximum atomic E-state index is 11.0. The van der Waals surface area contributed by atoms with Gasteiger partial charge in [0, 0.05) is 0 Å². The highest BCUT2D eigenvalue weighted by molar-refractivity contribution is 5.40. The van der Waals surface area contributed by atoms with Crippen molar-refractivity contribution >= 4 is 0 Å². The molecular formula is C21H30O2. The van der Waals surface area contributed by atoms with E-state index >= 15 is 0 Å². The first-order chi connectivity index (χ1) is 11.0. The predicted molar refractivity (Wildman–Crippen MR) is 92.5 cm³/mol. The highest BCUT2D eigenvalue weighted by atomic mass is 16.3. The number of hydrogen-bond donors (Lipinski definition) is 2. The molecule has 2 saturated carbocycles. The average Bonchev–Trinajstić information content (AvgIpc) is 2.79. The molecule has 2 nitrogen and oxygen atoms in total. The number of aromatic hydroxyl groups is 1. The second-order valence-corrected chi connectivity index (χ2v) is 8.57. The summed E-state index contributed by atoms with van der Waals surface area (Å²) in [6.45, 7) is 4.60. The number of hydrogen-bond acceptors (Lipinski definition) is 2. The summed E-state index contributed by atoms with van der Waals surface area (Å²) in [5.74, 6) is 2.96. The fourth-order valence-electron chi connectivity index (χ4n) is 6.37. The summed E-state index contributed by atoms with van der Waals surface area (Å²) in [5.41, 5.74) is 2.98. The molecule has 0 aliphatic heterocycles. The van der Waals surface area contributed by atoms with Crippen LogP contribution in [0.5, 0.6) is 5.75 Å². The van der Waals surface area contributed by atoms with E-state index in [1.807, 2.05) is 12.1 Å². The Kier molecular flexibility index (Phi) is 3.72. The van der Waals surface area contributed by atoms with Crippen LogP contribution in [-0.4, -0.2) is 16.3 Å². The molecule has 2 fully saturated rings. The average molecular weight is 314 g/mol. The van der Waals surface area contributed by atoms with Crippen LogP contribution in [0.4, 0.5) is 0 Å². The molecular weight excluding hydrogens is 284 g/mol. The van der Waals surface area contributed by atoms with Gasteiger partial charge >= 0.3 is 0 Å². The molecule has 0 heterocycles. The normalized spacial score (nSPS) is 42.0. The third kappa shape index (κ3) is 2.25. The van der Waals surface area contributed by atoms with Crippen LogP contribution in [0.3, 0.4) is 0 Å². The molecule has 2 N–H and O–H groups in total. The maximum Gasteiger partial charge on any atom is 0.115 e. The highest BCUT2D eigenvalue weighted by Gasteiger charge is 2.57. The fraction of sp³-hybridized carbons (Fsp3) is 0.714. The molecule has 0 bridgehead atoms. The van der Waals surface area contributed by atoms with Crippen LogP contribution in [0.2, 0.25) is 0 Å². The van der Waals surface area contributed by atoms with Gasteiger partial charge in [-0.15, -0.1) is 0 Å². The number of aliphatic hydroxyl groups excluding tert-OH is 1. The SMILES string of the molecule is CCC[C@@H]1C[C@H]2[C@@H]3CCc4cc(O)ccc4[C@H]3CC[C@]2(C)[C@H]1O. The van der Waals surface area contributed by atoms with Crippen molar-refractivity contribution in [1.82, 2.24) is 0 Å². The van der Waals surface area contributed by atoms with Gasteiger partial charge in [-0.3, -0.25) is 0 Å². The molecule has 0 amide bonds. The van der Waals surface area contributed by atoms with Crippen LogP contribution in [0.15, 0.2) is 18.2 Å². The van der Waals surface area contributed by atoms with Crippen molar-refractivity contribution in [1.29, 1.82) is 0 Å². The van der Waals surface area contributed by atoms with E-state index < -0.39 is 0 Å². The van der Waals surface area contributed by atoms with Crippen molar-refractivity contribution in [2.45, 2.75) is 70.8 Å². The summed E-state index contributed by atoms with van der Waals surface area (Å²) < 4.78 is 0. The summed E-state index contributed by atoms with van der Waals surface area (Å²) in [7, 11) is 0. The first-order valence-corrected chi connectivity index (χ1v) is 9.54. The second-order valence-electron chi connectivity index (χ2n) is 8.57. The number of rotatable bonds is 2. The maximum absolute atomic E-state index is 11.0. The van der Waals surface area contributed by atoms with Crippen molar-refractivity contribution in [3.8, 4) is 5.75 Å². The van der Waals surface area contributed by atoms with Crippen molar-refractivity contribution in [2.75, 3.05) is 0 Å². The molecule has 3 aliphatic rings. The first kappa shape index (κ1) is 15.5. The van der Waals surface area contributed by atoms with Crippen LogP contribution in [0.25, 0.3) is 0 Å². The van der Waals surface area contributed by atoms with E-state index in [1.54, 1.807) is 0 Å². The van der Waals surface area contributed by atoms with E-state index in [4.69, 9.17) is 0 Å². The lowest BCUT2D eigenvalue weighted by Crippen LogP contribution is -2.44. The third-order valence-electron chi connectivity index (χ3n) is 7.49. The lowest BCUT2D eigenvalue weighted by molar-refractivity contribution is -0.0333. The molecule has 6 atom stereocenters. The topological polar surface area (TPSA) is 40.5 Å². The molecule has 1 aromatic rings. The van der Waals surface area contributed by atoms with Gasteiger partial charge in [-0.25, -0.2) is 0 Å². The molecule has 23 heavy (non-hydrogen) atoms. The lowest BCUT2D eigenvalue weighted by Gasteiger charge is -2.50. The van der Waals surface area contributed by atoms with Gasteiger partial charge < -0.3 is 10.2 Å². The Morgan fingerprint density at radius 3 is 2.87 bits per heavy atom. The Hall–Kier alpha value is -1.02. The Bertz CT molecular complexity index is 596. The zero-order valence-electron chi connectivity index (χ0n) is 14.5. The van der Waals surface area contributed by atoms with E-state index in [0.717, 1.165) is 18.8 Å². The largest absolute Gasteiger partial charge is 0.508 e. The number of phenolic OH excluding ortho intramolecular Hbond substituents is 1. The monoisotopic (exact) mass is 314 g/mol. The number of aryl methyl sites for hydroxylation is 1. The van der Waals surface area contributed by atoms with E-state index in [9.17, 15) is 10.2 Å². The van der Waals surface area contributed by atoms with E-state index in [1.165, 1.54) is 43.2 Å². The van der Waals surface area contributed by atoms with Crippen molar-refractivity contribution in [3.63, 3.8) is 0 Å². The van der Waals surface area contributed by atoms with Gasteiger partial charge in [-0.05, 0) is 90.9 Å². The minimum Gasteiger partial charge on any atom is -0.508 e. The van der Waals surface area contributed by atoms with Crippen LogP contribution in [0, 0.1) is 23.2 Å². The van der Waals surface area contributed by atoms with Gasteiger partial charge in [-0.1, -0.05) is 26.3 Å². The molecule has 2 heteroatoms. The summed E-state index contributed by atoms with van der Waals surface area (Å²) >= 11 is 0. The summed E-state index contributed by atoms with van der Waals surface area (Å²) in [5, 5.41) is 20.7. The van der Waals surface area contributed by atoms with Crippen LogP contribution >= 0.6 is 0 Å². The van der Waals surface area contributed by atoms with Crippen LogP contribution < -0.4 is 0 Å². The Labute approximate surface area is 139 Å². The first-order valence-electron chi connectivity index (χ1n) is 9.54. The Morgan fingerprint density at radius 1 is 1.26 bits per heavy atom. The second kappa shape index (κ2) is 5.51. The summed E-state index contributed by atoms with van der Waals surface area (Å²) in [4.78, 5) is 0. The van der Waals surface area contributed by atoms with E-state index in [2.05, 4.69) is 19.9 Å². The lowest BCUT2D eigenvalue weighted by atomic mass is 9.55. The van der Waals surface area contributed by atoms with Crippen molar-refractivity contribution in [3.05, 3.63) is 29.3 Å². The number of fused-ring (bicyclic) bond motifs is 5. The van der Waals surface area contributed by atoms with E-state index in [0.29, 0.717) is 23.5 Å². The van der Waals surface area contributed by atoms with Crippen molar-refractivity contribution in [2.24, 2.45) is 23.2 Å². The fourth-order valence-corrected chi connectivity index (χ4v) is 6.37. The molecule has 0 radical (unpaired) electrons. The minimum atomic E-state index is -0.102. The number of phenols is 1. The summed E-state index contributed by atoms with van der Waals surface area (Å²) in [6.07, 6.45) is 8.15. The molecule has 1 aromatic carbocycles. The molecule has 126 valence electrons. The molecule has 4 rings (SSSR count). The predicted octanol–water partition coefficient (Wildman–Crippen LogP) is 4.64. The standard InChI is InChI=1S/C21H30O2/c1-3-4-14-12-19-18-7-5-13-11-15(22)6-8-16(13)17(18)9-10-21(19,2)20(14)23/h6,8,11,14,17-20,22-23H,3-5,7,9-10,12H2,1-2H3/t14-,17-,18-,19+,20+,21+/m1/s1. The number of benzene rings is 1. The Balaban J connectivity index is 1.65. The minimum absolute atomic E-state index is 0.102. The smallest absolute Gasteiger partial charge is 0.115 e. The van der Waals surface area contributed by atoms with Crippen molar-refractivity contribution < 1.29 is 10.2 Å². The van der Waals surface area contributed by atoms with E-state index in [-0.39, 0.29) is 11.5 Å². The molecule has 0 spiro atoms. The van der Waals surface area contributed by atoms with Crippen LogP contribution in [0.1, 0.15) is 69.4 Å². The van der Waals surface area contributed by atoms with Gasteiger partial charge in [0.15, 0.2) is 0 Å². The van der Waals surface area contributed by atoms with Gasteiger partial charge in [0.2, 0.25) is 0 Å². The zero-order valence-corrected chi connectivity index (χ0v) is 14.5. The Morgan fingerprint density at radius 2 is 2.09 bits per heavy atom. The van der Waals surface area contributed by atoms with Gasteiger partial charge in [-0.2, -0.15) is 0 Å².